The second-order valence-electron chi connectivity index (χ2n) is 8.56. The molecule has 2 heteroatoms. The molecular formula is C18H36N2. The lowest BCUT2D eigenvalue weighted by atomic mass is 9.67. The fourth-order valence-corrected chi connectivity index (χ4v) is 4.22. The van der Waals surface area contributed by atoms with Gasteiger partial charge in [-0.05, 0) is 48.5 Å². The van der Waals surface area contributed by atoms with Gasteiger partial charge in [0.05, 0.1) is 0 Å². The van der Waals surface area contributed by atoms with E-state index in [0.717, 1.165) is 24.4 Å². The minimum Gasteiger partial charge on any atom is -0.316 e. The van der Waals surface area contributed by atoms with Gasteiger partial charge < -0.3 is 5.32 Å². The summed E-state index contributed by atoms with van der Waals surface area (Å²) >= 11 is 0. The van der Waals surface area contributed by atoms with Crippen molar-refractivity contribution in [2.45, 2.75) is 66.8 Å². The molecule has 1 heterocycles. The minimum absolute atomic E-state index is 0.502. The molecule has 2 nitrogen and oxygen atoms in total. The third kappa shape index (κ3) is 3.22. The van der Waals surface area contributed by atoms with E-state index in [2.05, 4.69) is 51.8 Å². The highest BCUT2D eigenvalue weighted by atomic mass is 15.2. The van der Waals surface area contributed by atoms with Crippen molar-refractivity contribution in [2.24, 2.45) is 22.7 Å². The Kier molecular flexibility index (Phi) is 4.86. The summed E-state index contributed by atoms with van der Waals surface area (Å²) in [6.07, 6.45) is 4.19. The predicted molar refractivity (Wildman–Crippen MR) is 88.0 cm³/mol. The molecule has 0 amide bonds. The third-order valence-electron chi connectivity index (χ3n) is 6.68. The summed E-state index contributed by atoms with van der Waals surface area (Å²) in [7, 11) is 0. The molecule has 0 aromatic rings. The predicted octanol–water partition coefficient (Wildman–Crippen LogP) is 3.77. The first-order valence-electron chi connectivity index (χ1n) is 8.73. The molecule has 1 saturated carbocycles. The van der Waals surface area contributed by atoms with Gasteiger partial charge in [-0.3, -0.25) is 4.90 Å². The Hall–Kier alpha value is -0.0800. The Labute approximate surface area is 126 Å². The number of piperidine rings is 1. The molecule has 2 fully saturated rings. The average molecular weight is 281 g/mol. The highest BCUT2D eigenvalue weighted by Crippen LogP contribution is 2.45. The number of hydrogen-bond acceptors (Lipinski definition) is 2. The van der Waals surface area contributed by atoms with Gasteiger partial charge in [0.25, 0.3) is 0 Å². The summed E-state index contributed by atoms with van der Waals surface area (Å²) in [5.74, 6) is 1.62. The van der Waals surface area contributed by atoms with E-state index in [-0.39, 0.29) is 0 Å². The molecule has 2 rings (SSSR count). The summed E-state index contributed by atoms with van der Waals surface area (Å²) in [6, 6.07) is 0.833. The fourth-order valence-electron chi connectivity index (χ4n) is 4.22. The summed E-state index contributed by atoms with van der Waals surface area (Å²) in [5, 5.41) is 3.57. The Morgan fingerprint density at radius 1 is 1.10 bits per heavy atom. The molecule has 0 aromatic heterocycles. The maximum absolute atomic E-state index is 3.57. The van der Waals surface area contributed by atoms with Crippen molar-refractivity contribution in [3.05, 3.63) is 0 Å². The summed E-state index contributed by atoms with van der Waals surface area (Å²) in [4.78, 5) is 2.82. The van der Waals surface area contributed by atoms with Gasteiger partial charge in [0.15, 0.2) is 0 Å². The quantitative estimate of drug-likeness (QED) is 0.843. The van der Waals surface area contributed by atoms with Crippen LogP contribution < -0.4 is 5.32 Å². The Morgan fingerprint density at radius 2 is 1.70 bits per heavy atom. The summed E-state index contributed by atoms with van der Waals surface area (Å²) < 4.78 is 0. The zero-order valence-corrected chi connectivity index (χ0v) is 14.6. The van der Waals surface area contributed by atoms with Crippen LogP contribution in [0.1, 0.15) is 60.8 Å². The van der Waals surface area contributed by atoms with Crippen LogP contribution in [-0.4, -0.2) is 37.1 Å². The van der Waals surface area contributed by atoms with Crippen LogP contribution in [0.5, 0.6) is 0 Å². The molecule has 0 aromatic carbocycles. The van der Waals surface area contributed by atoms with Crippen molar-refractivity contribution in [2.75, 3.05) is 26.2 Å². The lowest BCUT2D eigenvalue weighted by Gasteiger charge is -2.49. The molecule has 1 aliphatic heterocycles. The van der Waals surface area contributed by atoms with Gasteiger partial charge in [-0.15, -0.1) is 0 Å². The van der Waals surface area contributed by atoms with Crippen molar-refractivity contribution >= 4 is 0 Å². The molecule has 0 bridgehead atoms. The first-order valence-corrected chi connectivity index (χ1v) is 8.73. The van der Waals surface area contributed by atoms with Gasteiger partial charge >= 0.3 is 0 Å². The van der Waals surface area contributed by atoms with Crippen LogP contribution in [0.3, 0.4) is 0 Å². The molecule has 20 heavy (non-hydrogen) atoms. The number of rotatable bonds is 4. The largest absolute Gasteiger partial charge is 0.316 e. The summed E-state index contributed by atoms with van der Waals surface area (Å²) in [5.41, 5.74) is 1.03. The molecule has 118 valence electrons. The van der Waals surface area contributed by atoms with Crippen molar-refractivity contribution in [1.82, 2.24) is 10.2 Å². The average Bonchev–Trinajstić information content (AvgIpc) is 2.77. The van der Waals surface area contributed by atoms with Crippen LogP contribution in [0.2, 0.25) is 0 Å². The smallest absolute Gasteiger partial charge is 0.0101 e. The Morgan fingerprint density at radius 3 is 2.25 bits per heavy atom. The normalized spacial score (nSPS) is 42.0. The third-order valence-corrected chi connectivity index (χ3v) is 6.68. The van der Waals surface area contributed by atoms with E-state index in [0.29, 0.717) is 10.8 Å². The van der Waals surface area contributed by atoms with Gasteiger partial charge in [0, 0.05) is 25.7 Å². The second kappa shape index (κ2) is 5.96. The van der Waals surface area contributed by atoms with E-state index in [1.807, 2.05) is 0 Å². The van der Waals surface area contributed by atoms with Crippen molar-refractivity contribution in [1.29, 1.82) is 0 Å². The van der Waals surface area contributed by atoms with E-state index >= 15 is 0 Å². The molecule has 4 unspecified atom stereocenters. The molecular weight excluding hydrogens is 244 g/mol. The molecule has 1 saturated heterocycles. The number of likely N-dealkylation sites (tertiary alicyclic amines) is 1. The van der Waals surface area contributed by atoms with Crippen molar-refractivity contribution in [3.8, 4) is 0 Å². The zero-order valence-electron chi connectivity index (χ0n) is 14.6. The molecule has 1 N–H and O–H groups in total. The van der Waals surface area contributed by atoms with Gasteiger partial charge in [-0.25, -0.2) is 0 Å². The molecule has 4 atom stereocenters. The van der Waals surface area contributed by atoms with Gasteiger partial charge in [0.1, 0.15) is 0 Å². The van der Waals surface area contributed by atoms with Crippen LogP contribution in [-0.2, 0) is 0 Å². The van der Waals surface area contributed by atoms with Crippen molar-refractivity contribution in [3.63, 3.8) is 0 Å². The van der Waals surface area contributed by atoms with Crippen molar-refractivity contribution < 1.29 is 0 Å². The number of nitrogens with zero attached hydrogens (tertiary/aromatic N) is 1. The van der Waals surface area contributed by atoms with Gasteiger partial charge in [0.2, 0.25) is 0 Å². The SMILES string of the molecule is CCNCC1(C)CCC(N2CC(C)C(C)(C)C(C)C2)C1. The zero-order chi connectivity index (χ0) is 15.0. The van der Waals surface area contributed by atoms with Crippen LogP contribution in [0.15, 0.2) is 0 Å². The van der Waals surface area contributed by atoms with Crippen LogP contribution >= 0.6 is 0 Å². The summed E-state index contributed by atoms with van der Waals surface area (Å²) in [6.45, 7) is 19.4. The second-order valence-corrected chi connectivity index (χ2v) is 8.56. The van der Waals surface area contributed by atoms with E-state index < -0.39 is 0 Å². The van der Waals surface area contributed by atoms with E-state index in [1.54, 1.807) is 0 Å². The molecule has 2 aliphatic rings. The maximum Gasteiger partial charge on any atom is 0.0101 e. The van der Waals surface area contributed by atoms with E-state index in [4.69, 9.17) is 0 Å². The first kappa shape index (κ1) is 16.3. The number of nitrogens with one attached hydrogen (secondary N) is 1. The van der Waals surface area contributed by atoms with Crippen LogP contribution in [0.4, 0.5) is 0 Å². The first-order chi connectivity index (χ1) is 9.28. The molecule has 0 spiro atoms. The van der Waals surface area contributed by atoms with Crippen LogP contribution in [0.25, 0.3) is 0 Å². The maximum atomic E-state index is 3.57. The number of hydrogen-bond donors (Lipinski definition) is 1. The lowest BCUT2D eigenvalue weighted by Crippen LogP contribution is -2.52. The fraction of sp³-hybridized carbons (Fsp3) is 1.00. The lowest BCUT2D eigenvalue weighted by molar-refractivity contribution is -0.00578. The monoisotopic (exact) mass is 280 g/mol. The van der Waals surface area contributed by atoms with Gasteiger partial charge in [-0.2, -0.15) is 0 Å². The minimum atomic E-state index is 0.502. The highest BCUT2D eigenvalue weighted by molar-refractivity contribution is 4.96. The molecule has 0 radical (unpaired) electrons. The standard InChI is InChI=1S/C18H36N2/c1-7-19-13-18(6)9-8-16(10-18)20-11-14(2)17(4,5)15(3)12-20/h14-16,19H,7-13H2,1-6H3. The van der Waals surface area contributed by atoms with Gasteiger partial charge in [-0.1, -0.05) is 41.5 Å². The van der Waals surface area contributed by atoms with E-state index in [9.17, 15) is 0 Å². The topological polar surface area (TPSA) is 15.3 Å². The van der Waals surface area contributed by atoms with E-state index in [1.165, 1.54) is 38.9 Å². The Bertz CT molecular complexity index is 311. The molecule has 1 aliphatic carbocycles. The highest BCUT2D eigenvalue weighted by Gasteiger charge is 2.43. The Balaban J connectivity index is 1.94. The van der Waals surface area contributed by atoms with Crippen LogP contribution in [0, 0.1) is 22.7 Å².